The zero-order valence-corrected chi connectivity index (χ0v) is 10.3. The lowest BCUT2D eigenvalue weighted by molar-refractivity contribution is 0.0946. The molecule has 0 bridgehead atoms. The highest BCUT2D eigenvalue weighted by Crippen LogP contribution is 2.19. The Hall–Kier alpha value is -1.38. The third kappa shape index (κ3) is 3.65. The van der Waals surface area contributed by atoms with Crippen LogP contribution >= 0.6 is 0 Å². The van der Waals surface area contributed by atoms with Gasteiger partial charge in [-0.2, -0.15) is 0 Å². The largest absolute Gasteiger partial charge is 0.348 e. The van der Waals surface area contributed by atoms with E-state index in [4.69, 9.17) is 0 Å². The van der Waals surface area contributed by atoms with Crippen molar-refractivity contribution < 1.29 is 4.79 Å². The topological polar surface area (TPSA) is 42.0 Å². The van der Waals surface area contributed by atoms with E-state index >= 15 is 0 Å². The molecule has 3 nitrogen and oxygen atoms in total. The summed E-state index contributed by atoms with van der Waals surface area (Å²) in [4.78, 5) is 15.6. The molecule has 16 heavy (non-hydrogen) atoms. The summed E-state index contributed by atoms with van der Waals surface area (Å²) in [7, 11) is 0. The molecule has 0 radical (unpaired) electrons. The number of hydrogen-bond donors (Lipinski definition) is 1. The second-order valence-corrected chi connectivity index (χ2v) is 3.65. The molecule has 0 atom stereocenters. The van der Waals surface area contributed by atoms with Crippen molar-refractivity contribution >= 4 is 5.91 Å². The number of aromatic nitrogens is 1. The number of nitrogens with zero attached hydrogens (tertiary/aromatic N) is 1. The summed E-state index contributed by atoms with van der Waals surface area (Å²) in [6.45, 7) is 6.07. The lowest BCUT2D eigenvalue weighted by atomic mass is 10.2. The second-order valence-electron chi connectivity index (χ2n) is 3.65. The fourth-order valence-corrected chi connectivity index (χ4v) is 1.25. The number of nitrogens with one attached hydrogen (secondary N) is 1. The van der Waals surface area contributed by atoms with Gasteiger partial charge in [0.1, 0.15) is 5.69 Å². The van der Waals surface area contributed by atoms with Crippen molar-refractivity contribution in [3.05, 3.63) is 29.6 Å². The Morgan fingerprint density at radius 1 is 1.44 bits per heavy atom. The summed E-state index contributed by atoms with van der Waals surface area (Å²) in [5.74, 6) is -0.0462. The van der Waals surface area contributed by atoms with Crippen LogP contribution < -0.4 is 5.32 Å². The summed E-state index contributed by atoms with van der Waals surface area (Å²) in [5.41, 5.74) is 1.68. The van der Waals surface area contributed by atoms with E-state index < -0.39 is 0 Å². The number of hydrogen-bond acceptors (Lipinski definition) is 2. The molecule has 1 aromatic heterocycles. The molecule has 88 valence electrons. The first-order valence-electron chi connectivity index (χ1n) is 6.05. The lowest BCUT2D eigenvalue weighted by Gasteiger charge is -2.02. The molecule has 0 spiro atoms. The van der Waals surface area contributed by atoms with Crippen molar-refractivity contribution in [3.8, 4) is 0 Å². The molecular formula is C13H20N2O. The molecule has 0 saturated heterocycles. The molecule has 2 rings (SSSR count). The highest BCUT2D eigenvalue weighted by atomic mass is 16.2. The van der Waals surface area contributed by atoms with Crippen LogP contribution in [0, 0.1) is 0 Å². The fourth-order valence-electron chi connectivity index (χ4n) is 1.25. The van der Waals surface area contributed by atoms with E-state index in [1.807, 2.05) is 19.9 Å². The SMILES string of the molecule is CC.CCc1ccc(C(=O)NC2CC2)nc1. The van der Waals surface area contributed by atoms with Gasteiger partial charge in [-0.3, -0.25) is 9.78 Å². The van der Waals surface area contributed by atoms with Gasteiger partial charge in [-0.05, 0) is 30.9 Å². The maximum absolute atomic E-state index is 11.5. The number of amides is 1. The van der Waals surface area contributed by atoms with E-state index in [0.29, 0.717) is 11.7 Å². The molecule has 1 aromatic rings. The van der Waals surface area contributed by atoms with Crippen LogP contribution in [0.15, 0.2) is 18.3 Å². The molecule has 1 fully saturated rings. The van der Waals surface area contributed by atoms with Gasteiger partial charge in [0.2, 0.25) is 0 Å². The first-order chi connectivity index (χ1) is 7.79. The minimum absolute atomic E-state index is 0.0462. The highest BCUT2D eigenvalue weighted by Gasteiger charge is 2.24. The normalized spacial score (nSPS) is 13.7. The molecule has 0 aliphatic heterocycles. The smallest absolute Gasteiger partial charge is 0.270 e. The van der Waals surface area contributed by atoms with Crippen LogP contribution in [0.2, 0.25) is 0 Å². The van der Waals surface area contributed by atoms with Gasteiger partial charge < -0.3 is 5.32 Å². The van der Waals surface area contributed by atoms with E-state index in [2.05, 4.69) is 17.2 Å². The lowest BCUT2D eigenvalue weighted by Crippen LogP contribution is -2.26. The van der Waals surface area contributed by atoms with Gasteiger partial charge in [-0.15, -0.1) is 0 Å². The van der Waals surface area contributed by atoms with Crippen LogP contribution in [-0.4, -0.2) is 16.9 Å². The van der Waals surface area contributed by atoms with Crippen molar-refractivity contribution in [1.82, 2.24) is 10.3 Å². The summed E-state index contributed by atoms with van der Waals surface area (Å²) in [5, 5.41) is 2.91. The Morgan fingerprint density at radius 3 is 2.56 bits per heavy atom. The van der Waals surface area contributed by atoms with Gasteiger partial charge >= 0.3 is 0 Å². The predicted octanol–water partition coefficient (Wildman–Crippen LogP) is 2.56. The van der Waals surface area contributed by atoms with Crippen molar-refractivity contribution in [2.45, 2.75) is 46.1 Å². The van der Waals surface area contributed by atoms with E-state index in [9.17, 15) is 4.79 Å². The molecule has 1 saturated carbocycles. The summed E-state index contributed by atoms with van der Waals surface area (Å²) in [6.07, 6.45) is 4.94. The average molecular weight is 220 g/mol. The molecule has 1 aliphatic carbocycles. The Balaban J connectivity index is 0.000000606. The Labute approximate surface area is 97.3 Å². The molecule has 1 N–H and O–H groups in total. The van der Waals surface area contributed by atoms with Crippen molar-refractivity contribution in [1.29, 1.82) is 0 Å². The standard InChI is InChI=1S/C11H14N2O.C2H6/c1-2-8-3-6-10(12-7-8)11(14)13-9-4-5-9;1-2/h3,6-7,9H,2,4-5H2,1H3,(H,13,14);1-2H3. The van der Waals surface area contributed by atoms with Crippen molar-refractivity contribution in [2.24, 2.45) is 0 Å². The zero-order valence-electron chi connectivity index (χ0n) is 10.3. The number of rotatable bonds is 3. The summed E-state index contributed by atoms with van der Waals surface area (Å²) in [6, 6.07) is 4.14. The molecule has 0 aromatic carbocycles. The van der Waals surface area contributed by atoms with Crippen molar-refractivity contribution in [2.75, 3.05) is 0 Å². The van der Waals surface area contributed by atoms with Crippen LogP contribution in [-0.2, 0) is 6.42 Å². The number of carbonyl (C=O) groups excluding carboxylic acids is 1. The fraction of sp³-hybridized carbons (Fsp3) is 0.538. The molecule has 0 unspecified atom stereocenters. The van der Waals surface area contributed by atoms with Gasteiger partial charge in [0.25, 0.3) is 5.91 Å². The maximum atomic E-state index is 11.5. The maximum Gasteiger partial charge on any atom is 0.270 e. The number of carbonyl (C=O) groups is 1. The quantitative estimate of drug-likeness (QED) is 0.850. The third-order valence-electron chi connectivity index (χ3n) is 2.38. The van der Waals surface area contributed by atoms with E-state index in [-0.39, 0.29) is 5.91 Å². The summed E-state index contributed by atoms with van der Waals surface area (Å²) < 4.78 is 0. The van der Waals surface area contributed by atoms with Gasteiger partial charge in [-0.25, -0.2) is 0 Å². The zero-order chi connectivity index (χ0) is 12.0. The molecule has 1 heterocycles. The highest BCUT2D eigenvalue weighted by molar-refractivity contribution is 5.92. The van der Waals surface area contributed by atoms with Crippen LogP contribution in [0.25, 0.3) is 0 Å². The van der Waals surface area contributed by atoms with E-state index in [1.54, 1.807) is 12.3 Å². The first kappa shape index (κ1) is 12.7. The molecule has 1 aliphatic rings. The predicted molar refractivity (Wildman–Crippen MR) is 65.5 cm³/mol. The van der Waals surface area contributed by atoms with E-state index in [0.717, 1.165) is 24.8 Å². The monoisotopic (exact) mass is 220 g/mol. The van der Waals surface area contributed by atoms with Crippen LogP contribution in [0.4, 0.5) is 0 Å². The minimum atomic E-state index is -0.0462. The van der Waals surface area contributed by atoms with Gasteiger partial charge in [0, 0.05) is 12.2 Å². The average Bonchev–Trinajstić information content (AvgIpc) is 3.16. The first-order valence-corrected chi connectivity index (χ1v) is 6.05. The van der Waals surface area contributed by atoms with Crippen LogP contribution in [0.3, 0.4) is 0 Å². The van der Waals surface area contributed by atoms with Crippen LogP contribution in [0.1, 0.15) is 49.7 Å². The third-order valence-corrected chi connectivity index (χ3v) is 2.38. The van der Waals surface area contributed by atoms with Gasteiger partial charge in [0.15, 0.2) is 0 Å². The Kier molecular flexibility index (Phi) is 4.96. The molecule has 3 heteroatoms. The Bertz CT molecular complexity index is 328. The number of aryl methyl sites for hydroxylation is 1. The Morgan fingerprint density at radius 2 is 2.12 bits per heavy atom. The second kappa shape index (κ2) is 6.26. The molecule has 1 amide bonds. The van der Waals surface area contributed by atoms with Crippen molar-refractivity contribution in [3.63, 3.8) is 0 Å². The minimum Gasteiger partial charge on any atom is -0.348 e. The van der Waals surface area contributed by atoms with Crippen LogP contribution in [0.5, 0.6) is 0 Å². The van der Waals surface area contributed by atoms with Gasteiger partial charge in [-0.1, -0.05) is 26.8 Å². The molecular weight excluding hydrogens is 200 g/mol. The number of pyridine rings is 1. The summed E-state index contributed by atoms with van der Waals surface area (Å²) >= 11 is 0. The van der Waals surface area contributed by atoms with E-state index in [1.165, 1.54) is 0 Å². The van der Waals surface area contributed by atoms with Gasteiger partial charge in [0.05, 0.1) is 0 Å².